The van der Waals surface area contributed by atoms with Gasteiger partial charge in [-0.25, -0.2) is 0 Å². The second-order valence-corrected chi connectivity index (χ2v) is 24.6. The van der Waals surface area contributed by atoms with E-state index >= 15 is 0 Å². The summed E-state index contributed by atoms with van der Waals surface area (Å²) in [5.41, 5.74) is 2.91. The van der Waals surface area contributed by atoms with Crippen LogP contribution in [0.1, 0.15) is 28.6 Å². The van der Waals surface area contributed by atoms with Crippen molar-refractivity contribution in [3.05, 3.63) is 59.8 Å². The van der Waals surface area contributed by atoms with Gasteiger partial charge in [-0.1, -0.05) is 0 Å². The molecule has 1 unspecified atom stereocenters. The van der Waals surface area contributed by atoms with Crippen molar-refractivity contribution in [1.29, 1.82) is 0 Å². The molecule has 0 aliphatic heterocycles. The van der Waals surface area contributed by atoms with E-state index < -0.39 is 18.3 Å². The molecule has 1 aromatic heterocycles. The van der Waals surface area contributed by atoms with Crippen LogP contribution in [0.3, 0.4) is 0 Å². The zero-order chi connectivity index (χ0) is 14.4. The van der Waals surface area contributed by atoms with Gasteiger partial charge in [0.2, 0.25) is 0 Å². The van der Waals surface area contributed by atoms with Crippen molar-refractivity contribution in [2.24, 2.45) is 0 Å². The fourth-order valence-corrected chi connectivity index (χ4v) is 14.6. The molecule has 1 aliphatic rings. The molecular weight excluding hydrogens is 392 g/mol. The summed E-state index contributed by atoms with van der Waals surface area (Å²) in [6.45, 7) is 4.67. The second-order valence-electron chi connectivity index (χ2n) is 7.04. The van der Waals surface area contributed by atoms with E-state index in [1.165, 1.54) is 14.5 Å². The Morgan fingerprint density at radius 3 is 2.27 bits per heavy atom. The van der Waals surface area contributed by atoms with Crippen molar-refractivity contribution in [3.8, 4) is 0 Å². The van der Waals surface area contributed by atoms with Crippen LogP contribution in [-0.4, -0.2) is 8.19 Å². The Kier molecular flexibility index (Phi) is 5.88. The normalized spacial score (nSPS) is 16.5. The van der Waals surface area contributed by atoms with Gasteiger partial charge in [0, 0.05) is 0 Å². The Morgan fingerprint density at radius 1 is 1.00 bits per heavy atom. The molecule has 0 spiro atoms. The SMILES string of the molecule is C[C](C)=[Zr]([CH3])([CH3])([c]1ccc[nH]1)[CH]1C=Cc2ccccc21.Cl.Cl. The molecule has 2 aromatic rings. The van der Waals surface area contributed by atoms with E-state index in [2.05, 4.69) is 82.8 Å². The number of H-pyrrole nitrogens is 1. The molecule has 0 bridgehead atoms. The third-order valence-electron chi connectivity index (χ3n) is 5.70. The number of aromatic nitrogens is 1. The molecule has 0 amide bonds. The van der Waals surface area contributed by atoms with Crippen LogP contribution in [0.5, 0.6) is 0 Å². The van der Waals surface area contributed by atoms with Crippen molar-refractivity contribution in [2.45, 2.75) is 26.7 Å². The fourth-order valence-electron chi connectivity index (χ4n) is 3.56. The zero-order valence-corrected chi connectivity index (χ0v) is 17.7. The van der Waals surface area contributed by atoms with Crippen molar-refractivity contribution < 1.29 is 18.3 Å². The van der Waals surface area contributed by atoms with Gasteiger partial charge in [0.15, 0.2) is 0 Å². The summed E-state index contributed by atoms with van der Waals surface area (Å²) in [4.78, 5) is 3.55. The molecule has 1 nitrogen and oxygen atoms in total. The van der Waals surface area contributed by atoms with Gasteiger partial charge in [0.25, 0.3) is 0 Å². The molecule has 0 fully saturated rings. The van der Waals surface area contributed by atoms with E-state index in [0.717, 1.165) is 0 Å². The van der Waals surface area contributed by atoms with Crippen LogP contribution in [0.15, 0.2) is 48.7 Å². The van der Waals surface area contributed by atoms with Gasteiger partial charge in [-0.15, -0.1) is 24.8 Å². The molecule has 0 radical (unpaired) electrons. The van der Waals surface area contributed by atoms with E-state index in [1.54, 1.807) is 3.21 Å². The molecule has 4 heteroatoms. The Hall–Kier alpha value is -0.427. The Balaban J connectivity index is 0.00000121. The average Bonchev–Trinajstić information content (AvgIpc) is 3.09. The molecule has 22 heavy (non-hydrogen) atoms. The van der Waals surface area contributed by atoms with Crippen molar-refractivity contribution >= 4 is 37.5 Å². The molecule has 1 heterocycles. The predicted octanol–water partition coefficient (Wildman–Crippen LogP) is 5.25. The zero-order valence-electron chi connectivity index (χ0n) is 13.6. The standard InChI is InChI=1S/C9H7.C4H4N.C3H6.2CH3.2ClH.Zr/c1-2-5-9-7-3-6-8(9)4-1;1-2-4-5-3-1;1-3-2;;;;;/h1-7H;1-3,5H;1-2H3;2*1H3;2*1H;. The minimum absolute atomic E-state index is 0. The molecule has 1 aromatic carbocycles. The third-order valence-corrected chi connectivity index (χ3v) is 23.9. The summed E-state index contributed by atoms with van der Waals surface area (Å²) in [5.74, 6) is 0. The number of rotatable bonds is 2. The summed E-state index contributed by atoms with van der Waals surface area (Å²) in [6, 6.07) is 13.3. The molecule has 1 aliphatic carbocycles. The first-order chi connectivity index (χ1) is 9.44. The molecule has 0 saturated carbocycles. The smallest absolute Gasteiger partial charge is 0.147 e. The summed E-state index contributed by atoms with van der Waals surface area (Å²) >= 11 is -3.24. The number of nitrogens with one attached hydrogen (secondary N) is 1. The largest absolute Gasteiger partial charge is 0.147 e. The number of halogens is 2. The van der Waals surface area contributed by atoms with E-state index in [9.17, 15) is 0 Å². The number of hydrogen-bond donors (Lipinski definition) is 1. The number of hydrogen-bond acceptors (Lipinski definition) is 0. The predicted molar refractivity (Wildman–Crippen MR) is 101 cm³/mol. The number of aromatic amines is 1. The van der Waals surface area contributed by atoms with Gasteiger partial charge in [-0.05, 0) is 0 Å². The first-order valence-electron chi connectivity index (χ1n) is 7.35. The van der Waals surface area contributed by atoms with Gasteiger partial charge >= 0.3 is 123 Å². The first kappa shape index (κ1) is 19.6. The maximum absolute atomic E-state index is 3.55. The van der Waals surface area contributed by atoms with Crippen LogP contribution in [0, 0.1) is 0 Å². The molecule has 120 valence electrons. The summed E-state index contributed by atoms with van der Waals surface area (Å²) < 4.78 is 8.81. The first-order valence-corrected chi connectivity index (χ1v) is 16.1. The van der Waals surface area contributed by atoms with Gasteiger partial charge in [-0.2, -0.15) is 0 Å². The van der Waals surface area contributed by atoms with Crippen molar-refractivity contribution in [1.82, 2.24) is 4.98 Å². The number of benzene rings is 1. The van der Waals surface area contributed by atoms with Crippen LogP contribution >= 0.6 is 24.8 Å². The van der Waals surface area contributed by atoms with Crippen LogP contribution in [0.2, 0.25) is 9.26 Å². The van der Waals surface area contributed by atoms with Crippen molar-refractivity contribution in [2.75, 3.05) is 0 Å². The van der Waals surface area contributed by atoms with Crippen LogP contribution in [0.25, 0.3) is 6.08 Å². The summed E-state index contributed by atoms with van der Waals surface area (Å²) in [5, 5.41) is 0. The van der Waals surface area contributed by atoms with E-state index in [0.29, 0.717) is 3.63 Å². The number of allylic oxidation sites excluding steroid dienone is 1. The molecule has 1 atom stereocenters. The minimum Gasteiger partial charge on any atom is -0.147 e. The Labute approximate surface area is 146 Å². The topological polar surface area (TPSA) is 15.8 Å². The third kappa shape index (κ3) is 2.64. The summed E-state index contributed by atoms with van der Waals surface area (Å²) in [6.07, 6.45) is 6.83. The van der Waals surface area contributed by atoms with Gasteiger partial charge in [-0.3, -0.25) is 0 Å². The van der Waals surface area contributed by atoms with Crippen molar-refractivity contribution in [3.63, 3.8) is 0 Å². The molecular formula is C18H25Cl2NZr. The summed E-state index contributed by atoms with van der Waals surface area (Å²) in [7, 11) is 0. The van der Waals surface area contributed by atoms with Gasteiger partial charge in [0.1, 0.15) is 0 Å². The maximum atomic E-state index is 3.55. The second kappa shape index (κ2) is 6.59. The van der Waals surface area contributed by atoms with Gasteiger partial charge < -0.3 is 0 Å². The maximum Gasteiger partial charge on any atom is -0.147 e. The molecule has 0 saturated heterocycles. The average molecular weight is 418 g/mol. The van der Waals surface area contributed by atoms with E-state index in [-0.39, 0.29) is 24.8 Å². The fraction of sp³-hybridized carbons (Fsp3) is 0.278. The minimum atomic E-state index is -3.24. The Bertz CT molecular complexity index is 747. The van der Waals surface area contributed by atoms with Gasteiger partial charge in [0.05, 0.1) is 0 Å². The molecule has 1 N–H and O–H groups in total. The molecule has 3 rings (SSSR count). The Morgan fingerprint density at radius 2 is 1.68 bits per heavy atom. The van der Waals surface area contributed by atoms with E-state index in [4.69, 9.17) is 0 Å². The quantitative estimate of drug-likeness (QED) is 0.687. The van der Waals surface area contributed by atoms with Crippen LogP contribution in [-0.2, 0) is 18.3 Å². The number of fused-ring (bicyclic) bond motifs is 1. The van der Waals surface area contributed by atoms with Crippen LogP contribution < -0.4 is 3.40 Å². The van der Waals surface area contributed by atoms with E-state index in [1.807, 2.05) is 0 Å². The monoisotopic (exact) mass is 415 g/mol. The van der Waals surface area contributed by atoms with Crippen LogP contribution in [0.4, 0.5) is 0 Å².